The first-order chi connectivity index (χ1) is 15.4. The van der Waals surface area contributed by atoms with E-state index in [-0.39, 0.29) is 5.91 Å². The van der Waals surface area contributed by atoms with E-state index >= 15 is 0 Å². The maximum atomic E-state index is 13.0. The Morgan fingerprint density at radius 1 is 0.969 bits per heavy atom. The van der Waals surface area contributed by atoms with Crippen LogP contribution in [0.2, 0.25) is 0 Å². The molecule has 32 heavy (non-hydrogen) atoms. The highest BCUT2D eigenvalue weighted by molar-refractivity contribution is 7.80. The average Bonchev–Trinajstić information content (AvgIpc) is 3.09. The maximum absolute atomic E-state index is 13.0. The Balaban J connectivity index is 1.52. The number of benzene rings is 2. The number of rotatable bonds is 4. The molecule has 0 aliphatic heterocycles. The number of anilines is 2. The molecule has 0 saturated heterocycles. The molecule has 0 fully saturated rings. The van der Waals surface area contributed by atoms with Gasteiger partial charge in [-0.1, -0.05) is 24.3 Å². The molecular weight excluding hydrogens is 420 g/mol. The Kier molecular flexibility index (Phi) is 6.37. The van der Waals surface area contributed by atoms with Gasteiger partial charge in [0.1, 0.15) is 5.76 Å². The van der Waals surface area contributed by atoms with Crippen molar-refractivity contribution < 1.29 is 9.21 Å². The SMILES string of the molecule is Cc1cc(C)cc(NC(=O)c2oc3c(c2C)/C(=N/NC(=S)Nc2ccccc2)CCC3)c1. The summed E-state index contributed by atoms with van der Waals surface area (Å²) in [6.45, 7) is 5.92. The number of aryl methyl sites for hydroxylation is 3. The van der Waals surface area contributed by atoms with Crippen LogP contribution in [0.4, 0.5) is 11.4 Å². The van der Waals surface area contributed by atoms with Crippen LogP contribution < -0.4 is 16.1 Å². The van der Waals surface area contributed by atoms with Crippen molar-refractivity contribution in [2.75, 3.05) is 10.6 Å². The summed E-state index contributed by atoms with van der Waals surface area (Å²) in [5.74, 6) is 0.867. The predicted octanol–water partition coefficient (Wildman–Crippen LogP) is 5.48. The molecule has 0 saturated carbocycles. The van der Waals surface area contributed by atoms with Crippen molar-refractivity contribution in [3.05, 3.63) is 82.3 Å². The molecule has 164 valence electrons. The largest absolute Gasteiger partial charge is 0.455 e. The summed E-state index contributed by atoms with van der Waals surface area (Å²) in [4.78, 5) is 13.0. The highest BCUT2D eigenvalue weighted by Crippen LogP contribution is 2.30. The molecule has 3 N–H and O–H groups in total. The van der Waals surface area contributed by atoms with Gasteiger partial charge in [-0.05, 0) is 81.2 Å². The number of thiocarbonyl (C=S) groups is 1. The fourth-order valence-corrected chi connectivity index (χ4v) is 4.19. The maximum Gasteiger partial charge on any atom is 0.291 e. The number of carbonyl (C=O) groups is 1. The number of amides is 1. The Labute approximate surface area is 193 Å². The van der Waals surface area contributed by atoms with Crippen LogP contribution in [-0.4, -0.2) is 16.7 Å². The molecule has 4 rings (SSSR count). The molecular formula is C25H26N4O2S. The number of carbonyl (C=O) groups excluding carboxylic acids is 1. The van der Waals surface area contributed by atoms with E-state index in [0.717, 1.165) is 64.4 Å². The highest BCUT2D eigenvalue weighted by atomic mass is 32.1. The van der Waals surface area contributed by atoms with Crippen molar-refractivity contribution in [2.24, 2.45) is 5.10 Å². The second-order valence-corrected chi connectivity index (χ2v) is 8.44. The lowest BCUT2D eigenvalue weighted by molar-refractivity contribution is 0.0994. The monoisotopic (exact) mass is 446 g/mol. The number of hydrogen-bond acceptors (Lipinski definition) is 4. The van der Waals surface area contributed by atoms with Crippen LogP contribution in [0.25, 0.3) is 0 Å². The minimum absolute atomic E-state index is 0.254. The fraction of sp³-hybridized carbons (Fsp3) is 0.240. The van der Waals surface area contributed by atoms with Gasteiger partial charge in [-0.2, -0.15) is 5.10 Å². The van der Waals surface area contributed by atoms with Gasteiger partial charge in [0.2, 0.25) is 0 Å². The molecule has 1 amide bonds. The van der Waals surface area contributed by atoms with Crippen LogP contribution in [0.3, 0.4) is 0 Å². The van der Waals surface area contributed by atoms with Crippen LogP contribution in [0.5, 0.6) is 0 Å². The zero-order valence-electron chi connectivity index (χ0n) is 18.4. The molecule has 2 aromatic carbocycles. The van der Waals surface area contributed by atoms with Crippen molar-refractivity contribution in [1.29, 1.82) is 0 Å². The zero-order chi connectivity index (χ0) is 22.7. The molecule has 6 nitrogen and oxygen atoms in total. The Bertz CT molecular complexity index is 1180. The molecule has 0 spiro atoms. The van der Waals surface area contributed by atoms with E-state index in [9.17, 15) is 4.79 Å². The van der Waals surface area contributed by atoms with Gasteiger partial charge in [0, 0.05) is 28.9 Å². The van der Waals surface area contributed by atoms with Crippen molar-refractivity contribution >= 4 is 40.3 Å². The third-order valence-corrected chi connectivity index (χ3v) is 5.53. The number of hydrazone groups is 1. The lowest BCUT2D eigenvalue weighted by Crippen LogP contribution is -2.26. The predicted molar refractivity (Wildman–Crippen MR) is 133 cm³/mol. The quantitative estimate of drug-likeness (QED) is 0.365. The van der Waals surface area contributed by atoms with Crippen LogP contribution in [0.1, 0.15) is 51.4 Å². The molecule has 0 bridgehead atoms. The van der Waals surface area contributed by atoms with E-state index in [1.807, 2.05) is 63.2 Å². The molecule has 7 heteroatoms. The Morgan fingerprint density at radius 2 is 1.69 bits per heavy atom. The molecule has 1 aliphatic carbocycles. The second kappa shape index (κ2) is 9.36. The molecule has 1 heterocycles. The standard InChI is InChI=1S/C25H26N4O2S/c1-15-12-16(2)14-19(13-15)26-24(30)23-17(3)22-20(10-7-11-21(22)31-23)28-29-25(32)27-18-8-5-4-6-9-18/h4-6,8-9,12-14H,7,10-11H2,1-3H3,(H,26,30)(H2,27,29,32)/b28-20+. The molecule has 3 aromatic rings. The van der Waals surface area contributed by atoms with E-state index in [4.69, 9.17) is 16.6 Å². The Hall–Kier alpha value is -3.45. The van der Waals surface area contributed by atoms with Crippen LogP contribution >= 0.6 is 12.2 Å². The van der Waals surface area contributed by atoms with E-state index in [2.05, 4.69) is 27.2 Å². The smallest absolute Gasteiger partial charge is 0.291 e. The molecule has 1 aromatic heterocycles. The van der Waals surface area contributed by atoms with Gasteiger partial charge >= 0.3 is 0 Å². The molecule has 0 radical (unpaired) electrons. The highest BCUT2D eigenvalue weighted by Gasteiger charge is 2.28. The van der Waals surface area contributed by atoms with Crippen LogP contribution in [0, 0.1) is 20.8 Å². The van der Waals surface area contributed by atoms with E-state index < -0.39 is 0 Å². The topological polar surface area (TPSA) is 78.7 Å². The summed E-state index contributed by atoms with van der Waals surface area (Å²) in [6.07, 6.45) is 2.46. The number of fused-ring (bicyclic) bond motifs is 1. The second-order valence-electron chi connectivity index (χ2n) is 8.03. The third kappa shape index (κ3) is 4.89. The van der Waals surface area contributed by atoms with Crippen LogP contribution in [0.15, 0.2) is 58.0 Å². The first-order valence-electron chi connectivity index (χ1n) is 10.6. The van der Waals surface area contributed by atoms with E-state index in [1.54, 1.807) is 0 Å². The summed E-state index contributed by atoms with van der Waals surface area (Å²) < 4.78 is 5.99. The van der Waals surface area contributed by atoms with Crippen molar-refractivity contribution in [3.63, 3.8) is 0 Å². The number of para-hydroxylation sites is 1. The minimum atomic E-state index is -0.254. The lowest BCUT2D eigenvalue weighted by Gasteiger charge is -2.14. The van der Waals surface area contributed by atoms with Gasteiger partial charge in [-0.15, -0.1) is 0 Å². The van der Waals surface area contributed by atoms with Gasteiger partial charge in [0.25, 0.3) is 5.91 Å². The van der Waals surface area contributed by atoms with Crippen molar-refractivity contribution in [2.45, 2.75) is 40.0 Å². The minimum Gasteiger partial charge on any atom is -0.455 e. The first kappa shape index (κ1) is 21.8. The van der Waals surface area contributed by atoms with Gasteiger partial charge in [0.15, 0.2) is 10.9 Å². The average molecular weight is 447 g/mol. The van der Waals surface area contributed by atoms with Gasteiger partial charge in [-0.25, -0.2) is 0 Å². The van der Waals surface area contributed by atoms with Gasteiger partial charge in [-0.3, -0.25) is 10.2 Å². The van der Waals surface area contributed by atoms with E-state index in [0.29, 0.717) is 10.9 Å². The summed E-state index contributed by atoms with van der Waals surface area (Å²) in [7, 11) is 0. The number of nitrogens with zero attached hydrogens (tertiary/aromatic N) is 1. The van der Waals surface area contributed by atoms with Crippen molar-refractivity contribution in [3.8, 4) is 0 Å². The van der Waals surface area contributed by atoms with Gasteiger partial charge in [0.05, 0.1) is 5.71 Å². The van der Waals surface area contributed by atoms with Gasteiger partial charge < -0.3 is 15.1 Å². The molecule has 0 unspecified atom stereocenters. The van der Waals surface area contributed by atoms with Crippen molar-refractivity contribution in [1.82, 2.24) is 5.43 Å². The number of furan rings is 1. The number of hydrogen-bond donors (Lipinski definition) is 3. The summed E-state index contributed by atoms with van der Waals surface area (Å²) in [6, 6.07) is 15.6. The first-order valence-corrected chi connectivity index (χ1v) is 11.0. The summed E-state index contributed by atoms with van der Waals surface area (Å²) in [5, 5.41) is 11.0. The normalized spacial score (nSPS) is 14.0. The summed E-state index contributed by atoms with van der Waals surface area (Å²) >= 11 is 5.36. The Morgan fingerprint density at radius 3 is 2.41 bits per heavy atom. The summed E-state index contributed by atoms with van der Waals surface area (Å²) in [5.41, 5.74) is 9.30. The number of nitrogens with one attached hydrogen (secondary N) is 3. The molecule has 1 aliphatic rings. The zero-order valence-corrected chi connectivity index (χ0v) is 19.2. The fourth-order valence-electron chi connectivity index (χ4n) is 4.03. The molecule has 0 atom stereocenters. The lowest BCUT2D eigenvalue weighted by atomic mass is 9.93. The third-order valence-electron chi connectivity index (χ3n) is 5.34. The van der Waals surface area contributed by atoms with E-state index in [1.165, 1.54) is 0 Å². The van der Waals surface area contributed by atoms with Crippen LogP contribution in [-0.2, 0) is 6.42 Å².